The Morgan fingerprint density at radius 2 is 2.10 bits per heavy atom. The maximum Gasteiger partial charge on any atom is 0.264 e. The lowest BCUT2D eigenvalue weighted by Crippen LogP contribution is -2.12. The molecule has 4 nitrogen and oxygen atoms in total. The maximum absolute atomic E-state index is 10.2. The molecule has 1 atom stereocenters. The van der Waals surface area contributed by atoms with E-state index in [-0.39, 0.29) is 11.9 Å². The fourth-order valence-corrected chi connectivity index (χ4v) is 1.06. The maximum atomic E-state index is 10.2. The summed E-state index contributed by atoms with van der Waals surface area (Å²) < 4.78 is 33.4. The van der Waals surface area contributed by atoms with Crippen molar-refractivity contribution in [1.29, 1.82) is 0 Å². The number of ether oxygens (including phenoxy) is 1. The highest BCUT2D eigenvalue weighted by molar-refractivity contribution is 7.85. The highest BCUT2D eigenvalue weighted by atomic mass is 32.2. The summed E-state index contributed by atoms with van der Waals surface area (Å²) in [7, 11) is -2.31. The quantitative estimate of drug-likeness (QED) is 0.613. The molecular weight excluding hydrogens is 156 g/mol. The molecule has 0 aromatic heterocycles. The van der Waals surface area contributed by atoms with E-state index in [2.05, 4.69) is 0 Å². The Morgan fingerprint density at radius 3 is 2.40 bits per heavy atom. The van der Waals surface area contributed by atoms with E-state index in [9.17, 15) is 8.42 Å². The second-order valence-electron chi connectivity index (χ2n) is 2.12. The van der Waals surface area contributed by atoms with Crippen LogP contribution in [-0.2, 0) is 14.9 Å². The standard InChI is InChI=1S/C5H12O4S/c1-5(9-2)3-4-10(6,7)8/h5H,3-4H2,1-2H3,(H,6,7,8). The summed E-state index contributed by atoms with van der Waals surface area (Å²) in [6, 6.07) is 0. The van der Waals surface area contributed by atoms with Gasteiger partial charge in [-0.3, -0.25) is 4.55 Å². The Bertz CT molecular complexity index is 172. The first-order valence-corrected chi connectivity index (χ1v) is 4.54. The van der Waals surface area contributed by atoms with Gasteiger partial charge in [-0.05, 0) is 13.3 Å². The number of rotatable bonds is 4. The van der Waals surface area contributed by atoms with Gasteiger partial charge < -0.3 is 4.74 Å². The van der Waals surface area contributed by atoms with Gasteiger partial charge in [0.25, 0.3) is 10.1 Å². The molecular formula is C5H12O4S. The average Bonchev–Trinajstić information content (AvgIpc) is 1.81. The van der Waals surface area contributed by atoms with Crippen molar-refractivity contribution in [2.24, 2.45) is 0 Å². The van der Waals surface area contributed by atoms with Crippen molar-refractivity contribution in [1.82, 2.24) is 0 Å². The summed E-state index contributed by atoms with van der Waals surface area (Å²) in [5, 5.41) is 0. The van der Waals surface area contributed by atoms with Crippen LogP contribution in [-0.4, -0.2) is 31.9 Å². The zero-order valence-corrected chi connectivity index (χ0v) is 6.89. The topological polar surface area (TPSA) is 63.6 Å². The Hall–Kier alpha value is -0.130. The molecule has 0 aromatic rings. The smallest absolute Gasteiger partial charge is 0.264 e. The molecule has 0 radical (unpaired) electrons. The van der Waals surface area contributed by atoms with E-state index >= 15 is 0 Å². The Labute approximate surface area is 60.9 Å². The Kier molecular flexibility index (Phi) is 3.85. The fraction of sp³-hybridized carbons (Fsp3) is 1.00. The van der Waals surface area contributed by atoms with Gasteiger partial charge in [-0.15, -0.1) is 0 Å². The fourth-order valence-electron chi connectivity index (χ4n) is 0.433. The van der Waals surface area contributed by atoms with Gasteiger partial charge in [0.15, 0.2) is 0 Å². The molecule has 0 fully saturated rings. The average molecular weight is 168 g/mol. The third-order valence-electron chi connectivity index (χ3n) is 1.18. The first kappa shape index (κ1) is 9.87. The molecule has 1 unspecified atom stereocenters. The van der Waals surface area contributed by atoms with E-state index in [1.54, 1.807) is 6.92 Å². The van der Waals surface area contributed by atoms with Crippen LogP contribution in [0.2, 0.25) is 0 Å². The van der Waals surface area contributed by atoms with Crippen molar-refractivity contribution in [2.75, 3.05) is 12.9 Å². The molecule has 0 aliphatic carbocycles. The van der Waals surface area contributed by atoms with E-state index in [0.29, 0.717) is 6.42 Å². The van der Waals surface area contributed by atoms with Gasteiger partial charge in [0.2, 0.25) is 0 Å². The molecule has 0 spiro atoms. The molecule has 10 heavy (non-hydrogen) atoms. The zero-order valence-electron chi connectivity index (χ0n) is 6.07. The normalized spacial score (nSPS) is 15.1. The van der Waals surface area contributed by atoms with Crippen LogP contribution in [0.1, 0.15) is 13.3 Å². The summed E-state index contributed by atoms with van der Waals surface area (Å²) in [5.41, 5.74) is 0. The Balaban J connectivity index is 3.56. The minimum absolute atomic E-state index is 0.123. The number of hydrogen-bond donors (Lipinski definition) is 1. The summed E-state index contributed by atoms with van der Waals surface area (Å²) in [4.78, 5) is 0. The third-order valence-corrected chi connectivity index (χ3v) is 1.94. The lowest BCUT2D eigenvalue weighted by molar-refractivity contribution is 0.115. The highest BCUT2D eigenvalue weighted by Crippen LogP contribution is 1.97. The molecule has 5 heteroatoms. The summed E-state index contributed by atoms with van der Waals surface area (Å²) >= 11 is 0. The van der Waals surface area contributed by atoms with Crippen molar-refractivity contribution in [3.63, 3.8) is 0 Å². The van der Waals surface area contributed by atoms with Crippen LogP contribution in [0.15, 0.2) is 0 Å². The second-order valence-corrected chi connectivity index (χ2v) is 3.69. The summed E-state index contributed by atoms with van der Waals surface area (Å²) in [6.07, 6.45) is 0.205. The molecule has 0 aliphatic rings. The summed E-state index contributed by atoms with van der Waals surface area (Å²) in [6.45, 7) is 1.74. The predicted octanol–water partition coefficient (Wildman–Crippen LogP) is 0.299. The van der Waals surface area contributed by atoms with E-state index in [4.69, 9.17) is 9.29 Å². The SMILES string of the molecule is COC(C)CCS(=O)(=O)O. The molecule has 0 rings (SSSR count). The summed E-state index contributed by atoms with van der Waals surface area (Å²) in [5.74, 6) is -0.234. The monoisotopic (exact) mass is 168 g/mol. The van der Waals surface area contributed by atoms with Crippen LogP contribution < -0.4 is 0 Å². The van der Waals surface area contributed by atoms with Crippen LogP contribution in [0.25, 0.3) is 0 Å². The zero-order chi connectivity index (χ0) is 8.20. The number of methoxy groups -OCH3 is 1. The molecule has 0 bridgehead atoms. The van der Waals surface area contributed by atoms with Crippen LogP contribution in [0.5, 0.6) is 0 Å². The van der Waals surface area contributed by atoms with Crippen LogP contribution in [0, 0.1) is 0 Å². The molecule has 1 N–H and O–H groups in total. The molecule has 0 aromatic carbocycles. The van der Waals surface area contributed by atoms with Crippen molar-refractivity contribution in [3.05, 3.63) is 0 Å². The first-order valence-electron chi connectivity index (χ1n) is 2.93. The van der Waals surface area contributed by atoms with Gasteiger partial charge in [0.05, 0.1) is 11.9 Å². The third kappa shape index (κ3) is 6.00. The molecule has 62 valence electrons. The van der Waals surface area contributed by atoms with E-state index in [1.807, 2.05) is 0 Å². The van der Waals surface area contributed by atoms with Gasteiger partial charge >= 0.3 is 0 Å². The van der Waals surface area contributed by atoms with Crippen LogP contribution in [0.4, 0.5) is 0 Å². The van der Waals surface area contributed by atoms with Crippen molar-refractivity contribution in [2.45, 2.75) is 19.4 Å². The van der Waals surface area contributed by atoms with E-state index < -0.39 is 10.1 Å². The van der Waals surface area contributed by atoms with Crippen molar-refractivity contribution < 1.29 is 17.7 Å². The highest BCUT2D eigenvalue weighted by Gasteiger charge is 2.07. The molecule has 0 aliphatic heterocycles. The van der Waals surface area contributed by atoms with Gasteiger partial charge in [-0.1, -0.05) is 0 Å². The van der Waals surface area contributed by atoms with Crippen LogP contribution >= 0.6 is 0 Å². The number of hydrogen-bond acceptors (Lipinski definition) is 3. The Morgan fingerprint density at radius 1 is 1.60 bits per heavy atom. The van der Waals surface area contributed by atoms with E-state index in [1.165, 1.54) is 7.11 Å². The minimum Gasteiger partial charge on any atom is -0.382 e. The van der Waals surface area contributed by atoms with Crippen molar-refractivity contribution in [3.8, 4) is 0 Å². The van der Waals surface area contributed by atoms with Gasteiger partial charge in [0.1, 0.15) is 0 Å². The lowest BCUT2D eigenvalue weighted by Gasteiger charge is -2.05. The van der Waals surface area contributed by atoms with Gasteiger partial charge in [-0.2, -0.15) is 8.42 Å². The van der Waals surface area contributed by atoms with Gasteiger partial charge in [0, 0.05) is 7.11 Å². The molecule has 0 saturated carbocycles. The molecule has 0 heterocycles. The molecule has 0 saturated heterocycles. The predicted molar refractivity (Wildman–Crippen MR) is 37.5 cm³/mol. The second kappa shape index (κ2) is 3.90. The van der Waals surface area contributed by atoms with Gasteiger partial charge in [-0.25, -0.2) is 0 Å². The van der Waals surface area contributed by atoms with Crippen molar-refractivity contribution >= 4 is 10.1 Å². The lowest BCUT2D eigenvalue weighted by atomic mass is 10.3. The van der Waals surface area contributed by atoms with Crippen LogP contribution in [0.3, 0.4) is 0 Å². The largest absolute Gasteiger partial charge is 0.382 e. The minimum atomic E-state index is -3.81. The molecule has 0 amide bonds. The first-order chi connectivity index (χ1) is 4.45. The van der Waals surface area contributed by atoms with E-state index in [0.717, 1.165) is 0 Å².